The van der Waals surface area contributed by atoms with Gasteiger partial charge in [0.15, 0.2) is 0 Å². The number of hydrogen-bond acceptors (Lipinski definition) is 6. The Morgan fingerprint density at radius 1 is 1.56 bits per heavy atom. The fourth-order valence-electron chi connectivity index (χ4n) is 1.52. The Hall–Kier alpha value is -2.41. The molecular formula is C11H10N2O5. The molecule has 1 aliphatic rings. The van der Waals surface area contributed by atoms with Crippen LogP contribution in [0.15, 0.2) is 30.3 Å². The van der Waals surface area contributed by atoms with Crippen LogP contribution in [0.2, 0.25) is 0 Å². The maximum absolute atomic E-state index is 11.2. The van der Waals surface area contributed by atoms with Crippen LogP contribution in [-0.2, 0) is 14.4 Å². The van der Waals surface area contributed by atoms with Crippen molar-refractivity contribution in [3.63, 3.8) is 0 Å². The third-order valence-corrected chi connectivity index (χ3v) is 2.42. The van der Waals surface area contributed by atoms with Crippen molar-refractivity contribution in [1.29, 1.82) is 0 Å². The highest BCUT2D eigenvalue weighted by Crippen LogP contribution is 2.22. The number of nitrogens with zero attached hydrogens (tertiary/aromatic N) is 1. The fraction of sp³-hybridized carbons (Fsp3) is 0.182. The topological polar surface area (TPSA) is 90.7 Å². The summed E-state index contributed by atoms with van der Waals surface area (Å²) in [4.78, 5) is 26.4. The summed E-state index contributed by atoms with van der Waals surface area (Å²) in [6, 6.07) is 6.01. The molecule has 94 valence electrons. The Labute approximate surface area is 102 Å². The number of nitro groups is 1. The summed E-state index contributed by atoms with van der Waals surface area (Å²) in [7, 11) is 1.25. The molecule has 1 aromatic carbocycles. The predicted molar refractivity (Wildman–Crippen MR) is 61.1 cm³/mol. The number of carbonyl (C=O) groups excluding carboxylic acids is 1. The van der Waals surface area contributed by atoms with E-state index in [4.69, 9.17) is 4.84 Å². The number of esters is 1. The Kier molecular flexibility index (Phi) is 3.24. The molecule has 0 radical (unpaired) electrons. The van der Waals surface area contributed by atoms with Crippen LogP contribution in [0.5, 0.6) is 0 Å². The largest absolute Gasteiger partial charge is 0.467 e. The molecule has 1 aromatic rings. The van der Waals surface area contributed by atoms with E-state index in [0.29, 0.717) is 11.3 Å². The Morgan fingerprint density at radius 3 is 3.00 bits per heavy atom. The van der Waals surface area contributed by atoms with Gasteiger partial charge in [-0.3, -0.25) is 20.4 Å². The van der Waals surface area contributed by atoms with Crippen LogP contribution in [0.4, 0.5) is 5.69 Å². The first kappa shape index (κ1) is 12.1. The van der Waals surface area contributed by atoms with E-state index in [0.717, 1.165) is 0 Å². The van der Waals surface area contributed by atoms with Gasteiger partial charge in [0.1, 0.15) is 0 Å². The second kappa shape index (κ2) is 4.84. The van der Waals surface area contributed by atoms with E-state index in [1.807, 2.05) is 0 Å². The average molecular weight is 250 g/mol. The lowest BCUT2D eigenvalue weighted by atomic mass is 10.1. The molecule has 1 atom stereocenters. The molecule has 7 heteroatoms. The molecule has 0 fully saturated rings. The molecule has 18 heavy (non-hydrogen) atoms. The Morgan fingerprint density at radius 2 is 2.33 bits per heavy atom. The molecule has 0 saturated carbocycles. The minimum absolute atomic E-state index is 0.0308. The normalized spacial score (nSPS) is 17.8. The molecule has 2 rings (SSSR count). The number of nitrogens with one attached hydrogen (secondary N) is 1. The summed E-state index contributed by atoms with van der Waals surface area (Å²) >= 11 is 0. The fourth-order valence-corrected chi connectivity index (χ4v) is 1.52. The molecule has 0 amide bonds. The summed E-state index contributed by atoms with van der Waals surface area (Å²) in [5.41, 5.74) is 3.57. The molecule has 0 bridgehead atoms. The number of carbonyl (C=O) groups is 1. The van der Waals surface area contributed by atoms with Crippen molar-refractivity contribution in [3.8, 4) is 0 Å². The lowest BCUT2D eigenvalue weighted by Crippen LogP contribution is -2.22. The lowest BCUT2D eigenvalue weighted by molar-refractivity contribution is -0.384. The molecule has 1 unspecified atom stereocenters. The first-order chi connectivity index (χ1) is 8.61. The van der Waals surface area contributed by atoms with Crippen molar-refractivity contribution in [3.05, 3.63) is 46.0 Å². The monoisotopic (exact) mass is 250 g/mol. The number of methoxy groups -OCH3 is 1. The van der Waals surface area contributed by atoms with Crippen molar-refractivity contribution >= 4 is 17.4 Å². The van der Waals surface area contributed by atoms with Gasteiger partial charge in [0.25, 0.3) is 5.69 Å². The number of hydroxylamine groups is 1. The van der Waals surface area contributed by atoms with Crippen molar-refractivity contribution in [2.45, 2.75) is 6.10 Å². The minimum Gasteiger partial charge on any atom is -0.467 e. The van der Waals surface area contributed by atoms with E-state index in [2.05, 4.69) is 10.2 Å². The molecule has 0 spiro atoms. The van der Waals surface area contributed by atoms with Crippen molar-refractivity contribution < 1.29 is 19.3 Å². The molecule has 1 aliphatic heterocycles. The van der Waals surface area contributed by atoms with Gasteiger partial charge in [-0.15, -0.1) is 0 Å². The third kappa shape index (κ3) is 2.30. The summed E-state index contributed by atoms with van der Waals surface area (Å²) in [6.45, 7) is 0. The molecule has 1 heterocycles. The zero-order valence-corrected chi connectivity index (χ0v) is 9.45. The van der Waals surface area contributed by atoms with Gasteiger partial charge in [-0.05, 0) is 6.08 Å². The van der Waals surface area contributed by atoms with Gasteiger partial charge in [0.2, 0.25) is 6.10 Å². The smallest absolute Gasteiger partial charge is 0.341 e. The quantitative estimate of drug-likeness (QED) is 0.489. The number of nitro benzene ring substituents is 1. The molecule has 7 nitrogen and oxygen atoms in total. The van der Waals surface area contributed by atoms with E-state index in [9.17, 15) is 14.9 Å². The summed E-state index contributed by atoms with van der Waals surface area (Å²) in [5, 5.41) is 10.6. The van der Waals surface area contributed by atoms with Crippen LogP contribution in [-0.4, -0.2) is 24.1 Å². The first-order valence-electron chi connectivity index (χ1n) is 5.08. The van der Waals surface area contributed by atoms with Crippen molar-refractivity contribution in [2.75, 3.05) is 7.11 Å². The van der Waals surface area contributed by atoms with Crippen molar-refractivity contribution in [1.82, 2.24) is 5.48 Å². The number of non-ortho nitro benzene ring substituents is 1. The number of ether oxygens (including phenoxy) is 1. The van der Waals surface area contributed by atoms with Crippen LogP contribution in [0, 0.1) is 10.1 Å². The zero-order valence-electron chi connectivity index (χ0n) is 9.45. The van der Waals surface area contributed by atoms with Crippen LogP contribution >= 0.6 is 0 Å². The van der Waals surface area contributed by atoms with E-state index >= 15 is 0 Å². The standard InChI is InChI=1S/C11H10N2O5/c1-17-11(14)10-6-9(12-18-10)7-3-2-4-8(5-7)13(15)16/h2-6,10,12H,1H3. The van der Waals surface area contributed by atoms with Gasteiger partial charge in [-0.2, -0.15) is 0 Å². The highest BCUT2D eigenvalue weighted by molar-refractivity contribution is 5.81. The summed E-state index contributed by atoms with van der Waals surface area (Å²) < 4.78 is 4.52. The summed E-state index contributed by atoms with van der Waals surface area (Å²) in [6.07, 6.45) is 0.662. The predicted octanol–water partition coefficient (Wildman–Crippen LogP) is 1.01. The average Bonchev–Trinajstić information content (AvgIpc) is 2.87. The Bertz CT molecular complexity index is 526. The first-order valence-corrected chi connectivity index (χ1v) is 5.08. The van der Waals surface area contributed by atoms with Gasteiger partial charge >= 0.3 is 5.97 Å². The van der Waals surface area contributed by atoms with Gasteiger partial charge in [-0.1, -0.05) is 12.1 Å². The summed E-state index contributed by atoms with van der Waals surface area (Å²) in [5.74, 6) is -0.539. The maximum Gasteiger partial charge on any atom is 0.341 e. The molecular weight excluding hydrogens is 240 g/mol. The maximum atomic E-state index is 11.2. The second-order valence-corrected chi connectivity index (χ2v) is 3.55. The van der Waals surface area contributed by atoms with Crippen LogP contribution in [0.25, 0.3) is 5.70 Å². The van der Waals surface area contributed by atoms with E-state index in [1.165, 1.54) is 25.3 Å². The lowest BCUT2D eigenvalue weighted by Gasteiger charge is -2.04. The highest BCUT2D eigenvalue weighted by Gasteiger charge is 2.25. The van der Waals surface area contributed by atoms with Crippen LogP contribution in [0.1, 0.15) is 5.56 Å². The second-order valence-electron chi connectivity index (χ2n) is 3.55. The van der Waals surface area contributed by atoms with Crippen LogP contribution < -0.4 is 5.48 Å². The van der Waals surface area contributed by atoms with Gasteiger partial charge < -0.3 is 4.74 Å². The highest BCUT2D eigenvalue weighted by atomic mass is 16.7. The molecule has 0 saturated heterocycles. The number of benzene rings is 1. The minimum atomic E-state index is -0.843. The van der Waals surface area contributed by atoms with E-state index < -0.39 is 17.0 Å². The molecule has 0 aromatic heterocycles. The number of rotatable bonds is 3. The van der Waals surface area contributed by atoms with Gasteiger partial charge in [-0.25, -0.2) is 4.79 Å². The molecule has 0 aliphatic carbocycles. The Balaban J connectivity index is 2.25. The van der Waals surface area contributed by atoms with E-state index in [-0.39, 0.29) is 5.69 Å². The zero-order chi connectivity index (χ0) is 13.1. The van der Waals surface area contributed by atoms with Crippen LogP contribution in [0.3, 0.4) is 0 Å². The number of hydrogen-bond donors (Lipinski definition) is 1. The van der Waals surface area contributed by atoms with E-state index in [1.54, 1.807) is 12.1 Å². The third-order valence-electron chi connectivity index (χ3n) is 2.42. The van der Waals surface area contributed by atoms with Gasteiger partial charge in [0, 0.05) is 17.7 Å². The van der Waals surface area contributed by atoms with Gasteiger partial charge in [0.05, 0.1) is 17.7 Å². The SMILES string of the molecule is COC(=O)C1C=C(c2cccc([N+](=O)[O-])c2)NO1. The van der Waals surface area contributed by atoms with Crippen molar-refractivity contribution in [2.24, 2.45) is 0 Å². The molecule has 1 N–H and O–H groups in total.